The molecule has 0 radical (unpaired) electrons. The highest BCUT2D eigenvalue weighted by Crippen LogP contribution is 2.21. The van der Waals surface area contributed by atoms with Gasteiger partial charge in [0.15, 0.2) is 5.13 Å². The number of aromatic nitrogens is 1. The highest BCUT2D eigenvalue weighted by molar-refractivity contribution is 7.13. The van der Waals surface area contributed by atoms with Gasteiger partial charge in [-0.15, -0.1) is 11.3 Å². The van der Waals surface area contributed by atoms with Crippen molar-refractivity contribution in [1.82, 2.24) is 10.3 Å². The maximum absolute atomic E-state index is 13.6. The van der Waals surface area contributed by atoms with Crippen molar-refractivity contribution in [3.8, 4) is 0 Å². The number of nitrogens with zero attached hydrogens (tertiary/aromatic N) is 2. The first-order valence-electron chi connectivity index (χ1n) is 6.80. The fraction of sp³-hybridized carbons (Fsp3) is 0.400. The van der Waals surface area contributed by atoms with Crippen molar-refractivity contribution in [2.45, 2.75) is 26.4 Å². The number of nitrogens with one attached hydrogen (secondary N) is 1. The van der Waals surface area contributed by atoms with E-state index in [-0.39, 0.29) is 5.82 Å². The van der Waals surface area contributed by atoms with E-state index >= 15 is 0 Å². The standard InChI is InChI=1S/C15H20FN3S/c1-3-8-17-9-13-11-20-15(18-13)19(2)10-12-6-4-5-7-14(12)16/h4-7,11,17H,3,8-10H2,1-2H3. The lowest BCUT2D eigenvalue weighted by molar-refractivity contribution is 0.607. The summed E-state index contributed by atoms with van der Waals surface area (Å²) in [7, 11) is 1.94. The molecule has 5 heteroatoms. The summed E-state index contributed by atoms with van der Waals surface area (Å²) >= 11 is 1.59. The maximum atomic E-state index is 13.6. The quantitative estimate of drug-likeness (QED) is 0.793. The summed E-state index contributed by atoms with van der Waals surface area (Å²) in [5, 5.41) is 6.30. The molecule has 0 atom stereocenters. The van der Waals surface area contributed by atoms with Gasteiger partial charge in [0.05, 0.1) is 5.69 Å². The maximum Gasteiger partial charge on any atom is 0.185 e. The molecule has 0 saturated carbocycles. The summed E-state index contributed by atoms with van der Waals surface area (Å²) < 4.78 is 13.6. The van der Waals surface area contributed by atoms with Crippen LogP contribution in [0.4, 0.5) is 9.52 Å². The van der Waals surface area contributed by atoms with Crippen molar-refractivity contribution < 1.29 is 4.39 Å². The SMILES string of the molecule is CCCNCc1csc(N(C)Cc2ccccc2F)n1. The minimum absolute atomic E-state index is 0.166. The minimum Gasteiger partial charge on any atom is -0.347 e. The molecule has 1 aromatic carbocycles. The van der Waals surface area contributed by atoms with Gasteiger partial charge in [0.1, 0.15) is 5.82 Å². The fourth-order valence-electron chi connectivity index (χ4n) is 1.90. The zero-order chi connectivity index (χ0) is 14.4. The average molecular weight is 293 g/mol. The predicted octanol–water partition coefficient (Wildman–Crippen LogP) is 3.42. The van der Waals surface area contributed by atoms with Crippen molar-refractivity contribution in [3.05, 3.63) is 46.7 Å². The molecule has 108 valence electrons. The Morgan fingerprint density at radius 1 is 1.35 bits per heavy atom. The van der Waals surface area contributed by atoms with E-state index in [0.29, 0.717) is 12.1 Å². The van der Waals surface area contributed by atoms with Crippen LogP contribution < -0.4 is 10.2 Å². The van der Waals surface area contributed by atoms with Crippen LogP contribution in [0, 0.1) is 5.82 Å². The van der Waals surface area contributed by atoms with Crippen molar-refractivity contribution in [3.63, 3.8) is 0 Å². The van der Waals surface area contributed by atoms with Crippen molar-refractivity contribution >= 4 is 16.5 Å². The zero-order valence-corrected chi connectivity index (χ0v) is 12.7. The molecule has 0 spiro atoms. The molecule has 0 aliphatic rings. The molecule has 1 aromatic heterocycles. The lowest BCUT2D eigenvalue weighted by atomic mass is 10.2. The Morgan fingerprint density at radius 3 is 2.90 bits per heavy atom. The Morgan fingerprint density at radius 2 is 2.15 bits per heavy atom. The molecular formula is C15H20FN3S. The molecule has 1 heterocycles. The van der Waals surface area contributed by atoms with Crippen LogP contribution in [0.2, 0.25) is 0 Å². The number of hydrogen-bond donors (Lipinski definition) is 1. The molecule has 1 N–H and O–H groups in total. The highest BCUT2D eigenvalue weighted by Gasteiger charge is 2.09. The topological polar surface area (TPSA) is 28.2 Å². The predicted molar refractivity (Wildman–Crippen MR) is 82.6 cm³/mol. The van der Waals surface area contributed by atoms with E-state index in [0.717, 1.165) is 30.3 Å². The summed E-state index contributed by atoms with van der Waals surface area (Å²) in [6, 6.07) is 6.86. The third-order valence-corrected chi connectivity index (χ3v) is 3.97. The molecule has 0 aliphatic heterocycles. The van der Waals surface area contributed by atoms with E-state index in [9.17, 15) is 4.39 Å². The van der Waals surface area contributed by atoms with E-state index in [2.05, 4.69) is 22.6 Å². The molecular weight excluding hydrogens is 273 g/mol. The molecule has 0 amide bonds. The van der Waals surface area contributed by atoms with Gasteiger partial charge in [-0.3, -0.25) is 0 Å². The molecule has 0 fully saturated rings. The van der Waals surface area contributed by atoms with Crippen molar-refractivity contribution in [1.29, 1.82) is 0 Å². The van der Waals surface area contributed by atoms with E-state index in [4.69, 9.17) is 0 Å². The third kappa shape index (κ3) is 4.02. The van der Waals surface area contributed by atoms with Crippen molar-refractivity contribution in [2.24, 2.45) is 0 Å². The summed E-state index contributed by atoms with van der Waals surface area (Å²) in [5.74, 6) is -0.166. The summed E-state index contributed by atoms with van der Waals surface area (Å²) in [6.45, 7) is 4.46. The van der Waals surface area contributed by atoms with Crippen LogP contribution in [0.1, 0.15) is 24.6 Å². The normalized spacial score (nSPS) is 10.8. The van der Waals surface area contributed by atoms with E-state index in [1.165, 1.54) is 6.07 Å². The first-order valence-corrected chi connectivity index (χ1v) is 7.68. The lowest BCUT2D eigenvalue weighted by Crippen LogP contribution is -2.18. The molecule has 0 unspecified atom stereocenters. The van der Waals surface area contributed by atoms with Gasteiger partial charge in [0.25, 0.3) is 0 Å². The van der Waals surface area contributed by atoms with Crippen LogP contribution in [0.15, 0.2) is 29.6 Å². The number of benzene rings is 1. The molecule has 0 bridgehead atoms. The van der Waals surface area contributed by atoms with Gasteiger partial charge < -0.3 is 10.2 Å². The van der Waals surface area contributed by atoms with E-state index in [1.54, 1.807) is 17.4 Å². The second-order valence-corrected chi connectivity index (χ2v) is 5.58. The van der Waals surface area contributed by atoms with Crippen LogP contribution >= 0.6 is 11.3 Å². The van der Waals surface area contributed by atoms with Gasteiger partial charge in [-0.1, -0.05) is 25.1 Å². The van der Waals surface area contributed by atoms with Crippen LogP contribution in [-0.2, 0) is 13.1 Å². The monoisotopic (exact) mass is 293 g/mol. The number of hydrogen-bond acceptors (Lipinski definition) is 4. The highest BCUT2D eigenvalue weighted by atomic mass is 32.1. The molecule has 3 nitrogen and oxygen atoms in total. The summed E-state index contributed by atoms with van der Waals surface area (Å²) in [5.41, 5.74) is 1.73. The van der Waals surface area contributed by atoms with Gasteiger partial charge in [-0.2, -0.15) is 0 Å². The summed E-state index contributed by atoms with van der Waals surface area (Å²) in [4.78, 5) is 6.55. The van der Waals surface area contributed by atoms with Crippen LogP contribution in [-0.4, -0.2) is 18.6 Å². The van der Waals surface area contributed by atoms with Gasteiger partial charge >= 0.3 is 0 Å². The van der Waals surface area contributed by atoms with E-state index in [1.807, 2.05) is 24.1 Å². The molecule has 2 aromatic rings. The first kappa shape index (κ1) is 14.9. The Bertz CT molecular complexity index is 541. The van der Waals surface area contributed by atoms with Crippen LogP contribution in [0.3, 0.4) is 0 Å². The Labute approximate surface area is 123 Å². The first-order chi connectivity index (χ1) is 9.70. The van der Waals surface area contributed by atoms with Gasteiger partial charge in [0.2, 0.25) is 0 Å². The number of rotatable bonds is 7. The Balaban J connectivity index is 1.96. The molecule has 0 aliphatic carbocycles. The zero-order valence-electron chi connectivity index (χ0n) is 11.9. The molecule has 0 saturated heterocycles. The Hall–Kier alpha value is -1.46. The molecule has 2 rings (SSSR count). The van der Waals surface area contributed by atoms with E-state index < -0.39 is 0 Å². The average Bonchev–Trinajstić information content (AvgIpc) is 2.91. The van der Waals surface area contributed by atoms with Gasteiger partial charge in [0, 0.05) is 31.1 Å². The second-order valence-electron chi connectivity index (χ2n) is 4.75. The smallest absolute Gasteiger partial charge is 0.185 e. The van der Waals surface area contributed by atoms with Gasteiger partial charge in [-0.25, -0.2) is 9.37 Å². The molecule has 20 heavy (non-hydrogen) atoms. The minimum atomic E-state index is -0.166. The van der Waals surface area contributed by atoms with Crippen LogP contribution in [0.25, 0.3) is 0 Å². The fourth-order valence-corrected chi connectivity index (χ4v) is 2.69. The van der Waals surface area contributed by atoms with Crippen molar-refractivity contribution in [2.75, 3.05) is 18.5 Å². The number of anilines is 1. The van der Waals surface area contributed by atoms with Gasteiger partial charge in [-0.05, 0) is 19.0 Å². The van der Waals surface area contributed by atoms with Crippen LogP contribution in [0.5, 0.6) is 0 Å². The largest absolute Gasteiger partial charge is 0.347 e. The second kappa shape index (κ2) is 7.36. The third-order valence-electron chi connectivity index (χ3n) is 2.96. The Kier molecular flexibility index (Phi) is 5.49. The number of halogens is 1. The summed E-state index contributed by atoms with van der Waals surface area (Å²) in [6.07, 6.45) is 1.12. The number of thiazole rings is 1. The lowest BCUT2D eigenvalue weighted by Gasteiger charge is -2.16.